The first-order valence-corrected chi connectivity index (χ1v) is 7.51. The Labute approximate surface area is 126 Å². The molecule has 0 heterocycles. The van der Waals surface area contributed by atoms with E-state index in [1.165, 1.54) is 23.9 Å². The standard InChI is InChI=1S/C9H10FNO2S.C7H8/c1-7(6-11-14(12)13)8-2-4-9(10)5-3-8;1-7-5-3-2-4-6-7/h2-6,14H,1H3,(H,11,12,13);2-6H,1H3. The number of hydrogen-bond acceptors (Lipinski definition) is 2. The molecular weight excluding hydrogens is 289 g/mol. The van der Waals surface area contributed by atoms with Crippen LogP contribution in [-0.2, 0) is 10.9 Å². The van der Waals surface area contributed by atoms with Gasteiger partial charge in [-0.15, -0.1) is 0 Å². The van der Waals surface area contributed by atoms with Crippen LogP contribution < -0.4 is 4.72 Å². The predicted molar refractivity (Wildman–Crippen MR) is 84.7 cm³/mol. The van der Waals surface area contributed by atoms with Crippen molar-refractivity contribution in [2.45, 2.75) is 13.8 Å². The van der Waals surface area contributed by atoms with Crippen molar-refractivity contribution in [3.8, 4) is 0 Å². The molecule has 112 valence electrons. The van der Waals surface area contributed by atoms with Gasteiger partial charge >= 0.3 is 0 Å². The van der Waals surface area contributed by atoms with E-state index in [-0.39, 0.29) is 5.82 Å². The zero-order valence-electron chi connectivity index (χ0n) is 11.9. The molecule has 1 N–H and O–H groups in total. The summed E-state index contributed by atoms with van der Waals surface area (Å²) in [4.78, 5) is 0. The number of halogens is 1. The SMILES string of the molecule is CC(=CN[SH](=O)=O)c1ccc(F)cc1.Cc1ccccc1. The van der Waals surface area contributed by atoms with Crippen LogP contribution in [0.25, 0.3) is 5.57 Å². The quantitative estimate of drug-likeness (QED) is 0.855. The molecule has 21 heavy (non-hydrogen) atoms. The summed E-state index contributed by atoms with van der Waals surface area (Å²) in [5.74, 6) is -0.315. The average Bonchev–Trinajstić information content (AvgIpc) is 2.47. The van der Waals surface area contributed by atoms with Gasteiger partial charge in [0, 0.05) is 6.20 Å². The van der Waals surface area contributed by atoms with Gasteiger partial charge in [-0.1, -0.05) is 48.0 Å². The molecule has 3 nitrogen and oxygen atoms in total. The predicted octanol–water partition coefficient (Wildman–Crippen LogP) is 3.30. The highest BCUT2D eigenvalue weighted by atomic mass is 32.2. The third-order valence-corrected chi connectivity index (χ3v) is 2.97. The molecule has 0 aliphatic heterocycles. The minimum Gasteiger partial charge on any atom is -0.292 e. The summed E-state index contributed by atoms with van der Waals surface area (Å²) in [6.45, 7) is 3.82. The van der Waals surface area contributed by atoms with E-state index in [2.05, 4.69) is 23.8 Å². The van der Waals surface area contributed by atoms with Gasteiger partial charge in [0.25, 0.3) is 0 Å². The van der Waals surface area contributed by atoms with Crippen molar-refractivity contribution in [1.29, 1.82) is 0 Å². The van der Waals surface area contributed by atoms with Crippen molar-refractivity contribution in [2.24, 2.45) is 0 Å². The Bertz CT molecular complexity index is 642. The summed E-state index contributed by atoms with van der Waals surface area (Å²) in [6.07, 6.45) is 1.36. The number of aryl methyl sites for hydroxylation is 1. The smallest absolute Gasteiger partial charge is 0.222 e. The summed E-state index contributed by atoms with van der Waals surface area (Å²) in [7, 11) is -2.63. The maximum absolute atomic E-state index is 12.5. The largest absolute Gasteiger partial charge is 0.292 e. The Kier molecular flexibility index (Phi) is 7.18. The second-order valence-electron chi connectivity index (χ2n) is 4.38. The van der Waals surface area contributed by atoms with Gasteiger partial charge in [0.2, 0.25) is 10.9 Å². The normalized spacial score (nSPS) is 10.8. The summed E-state index contributed by atoms with van der Waals surface area (Å²) < 4.78 is 35.1. The lowest BCUT2D eigenvalue weighted by atomic mass is 10.1. The highest BCUT2D eigenvalue weighted by molar-refractivity contribution is 7.70. The fraction of sp³-hybridized carbons (Fsp3) is 0.125. The third kappa shape index (κ3) is 7.27. The second kappa shape index (κ2) is 8.92. The van der Waals surface area contributed by atoms with Crippen LogP contribution in [0.4, 0.5) is 4.39 Å². The van der Waals surface area contributed by atoms with E-state index in [4.69, 9.17) is 0 Å². The first kappa shape index (κ1) is 16.9. The maximum Gasteiger partial charge on any atom is 0.222 e. The minimum absolute atomic E-state index is 0.315. The van der Waals surface area contributed by atoms with Crippen LogP contribution in [0.15, 0.2) is 60.8 Å². The molecule has 5 heteroatoms. The van der Waals surface area contributed by atoms with Crippen LogP contribution in [0.2, 0.25) is 0 Å². The van der Waals surface area contributed by atoms with E-state index in [0.717, 1.165) is 11.1 Å². The molecule has 0 saturated heterocycles. The molecule has 0 aliphatic rings. The average molecular weight is 307 g/mol. The summed E-state index contributed by atoms with van der Waals surface area (Å²) in [5, 5.41) is 0. The van der Waals surface area contributed by atoms with E-state index in [1.807, 2.05) is 18.2 Å². The van der Waals surface area contributed by atoms with E-state index < -0.39 is 10.9 Å². The van der Waals surface area contributed by atoms with Crippen molar-refractivity contribution in [3.05, 3.63) is 77.7 Å². The molecule has 0 amide bonds. The van der Waals surface area contributed by atoms with Crippen molar-refractivity contribution < 1.29 is 12.8 Å². The van der Waals surface area contributed by atoms with Gasteiger partial charge in [0.1, 0.15) is 5.82 Å². The fourth-order valence-electron chi connectivity index (χ4n) is 1.48. The fourth-order valence-corrected chi connectivity index (χ4v) is 1.78. The van der Waals surface area contributed by atoms with Crippen LogP contribution in [0.3, 0.4) is 0 Å². The minimum atomic E-state index is -2.63. The molecule has 0 aromatic heterocycles. The Hall–Kier alpha value is -2.14. The van der Waals surface area contributed by atoms with E-state index in [9.17, 15) is 12.8 Å². The third-order valence-electron chi connectivity index (χ3n) is 2.63. The first-order chi connectivity index (χ1) is 9.99. The molecule has 0 unspecified atom stereocenters. The number of rotatable bonds is 3. The monoisotopic (exact) mass is 307 g/mol. The molecule has 2 aromatic carbocycles. The molecule has 0 fully saturated rings. The first-order valence-electron chi connectivity index (χ1n) is 6.34. The van der Waals surface area contributed by atoms with Crippen LogP contribution in [-0.4, -0.2) is 8.42 Å². The van der Waals surface area contributed by atoms with Gasteiger partial charge < -0.3 is 0 Å². The number of benzene rings is 2. The molecular formula is C16H18FNO2S. The number of hydrogen-bond donors (Lipinski definition) is 2. The molecule has 0 spiro atoms. The number of thiol groups is 1. The lowest BCUT2D eigenvalue weighted by Crippen LogP contribution is -2.01. The Morgan fingerprint density at radius 3 is 2.05 bits per heavy atom. The molecule has 0 aliphatic carbocycles. The molecule has 2 aromatic rings. The van der Waals surface area contributed by atoms with Gasteiger partial charge in [0.15, 0.2) is 0 Å². The Morgan fingerprint density at radius 1 is 1.05 bits per heavy atom. The van der Waals surface area contributed by atoms with E-state index >= 15 is 0 Å². The molecule has 0 radical (unpaired) electrons. The highest BCUT2D eigenvalue weighted by Crippen LogP contribution is 2.12. The van der Waals surface area contributed by atoms with Crippen LogP contribution in [0.5, 0.6) is 0 Å². The van der Waals surface area contributed by atoms with Crippen LogP contribution in [0, 0.1) is 12.7 Å². The lowest BCUT2D eigenvalue weighted by Gasteiger charge is -2.00. The number of nitrogens with one attached hydrogen (secondary N) is 1. The van der Waals surface area contributed by atoms with Crippen molar-refractivity contribution >= 4 is 16.5 Å². The van der Waals surface area contributed by atoms with Gasteiger partial charge in [0.05, 0.1) is 0 Å². The van der Waals surface area contributed by atoms with E-state index in [1.54, 1.807) is 19.1 Å². The molecule has 0 atom stereocenters. The van der Waals surface area contributed by atoms with E-state index in [0.29, 0.717) is 0 Å². The summed E-state index contributed by atoms with van der Waals surface area (Å²) >= 11 is 0. The van der Waals surface area contributed by atoms with Gasteiger partial charge in [-0.3, -0.25) is 4.72 Å². The molecule has 0 bridgehead atoms. The highest BCUT2D eigenvalue weighted by Gasteiger charge is 1.95. The van der Waals surface area contributed by atoms with Gasteiger partial charge in [-0.25, -0.2) is 12.8 Å². The Morgan fingerprint density at radius 2 is 1.62 bits per heavy atom. The van der Waals surface area contributed by atoms with Gasteiger partial charge in [-0.05, 0) is 37.1 Å². The lowest BCUT2D eigenvalue weighted by molar-refractivity contribution is 0.610. The zero-order valence-corrected chi connectivity index (χ0v) is 12.8. The number of allylic oxidation sites excluding steroid dienone is 1. The van der Waals surface area contributed by atoms with Crippen LogP contribution >= 0.6 is 0 Å². The summed E-state index contributed by atoms with van der Waals surface area (Å²) in [5.41, 5.74) is 2.82. The zero-order chi connectivity index (χ0) is 15.7. The summed E-state index contributed by atoms with van der Waals surface area (Å²) in [6, 6.07) is 16.1. The van der Waals surface area contributed by atoms with Crippen molar-refractivity contribution in [2.75, 3.05) is 0 Å². The Balaban J connectivity index is 0.000000262. The molecule has 2 rings (SSSR count). The molecule has 0 saturated carbocycles. The topological polar surface area (TPSA) is 46.2 Å². The van der Waals surface area contributed by atoms with Crippen molar-refractivity contribution in [1.82, 2.24) is 4.72 Å². The van der Waals surface area contributed by atoms with Gasteiger partial charge in [-0.2, -0.15) is 0 Å². The second-order valence-corrected chi connectivity index (χ2v) is 5.15. The maximum atomic E-state index is 12.5. The van der Waals surface area contributed by atoms with Crippen molar-refractivity contribution in [3.63, 3.8) is 0 Å². The van der Waals surface area contributed by atoms with Crippen LogP contribution in [0.1, 0.15) is 18.1 Å².